The van der Waals surface area contributed by atoms with Crippen molar-refractivity contribution in [2.24, 2.45) is 0 Å². The number of hydrogen-bond donors (Lipinski definition) is 0. The van der Waals surface area contributed by atoms with Crippen LogP contribution < -0.4 is 0 Å². The monoisotopic (exact) mass is 438 g/mol. The zero-order valence-corrected chi connectivity index (χ0v) is 18.2. The second kappa shape index (κ2) is 7.81. The fourth-order valence-electron chi connectivity index (χ4n) is 4.70. The summed E-state index contributed by atoms with van der Waals surface area (Å²) in [6.45, 7) is 3.12. The number of aryl methyl sites for hydroxylation is 1. The van der Waals surface area contributed by atoms with Crippen LogP contribution in [0.5, 0.6) is 0 Å². The number of likely N-dealkylation sites (tertiary alicyclic amines) is 1. The number of benzene rings is 1. The number of pyridine rings is 2. The highest BCUT2D eigenvalue weighted by Gasteiger charge is 2.30. The molecule has 0 radical (unpaired) electrons. The minimum atomic E-state index is -0.0376. The Morgan fingerprint density at radius 3 is 2.82 bits per heavy atom. The van der Waals surface area contributed by atoms with E-state index < -0.39 is 0 Å². The normalized spacial score (nSPS) is 16.5. The van der Waals surface area contributed by atoms with Crippen LogP contribution in [0.25, 0.3) is 28.0 Å². The number of piperidine rings is 1. The summed E-state index contributed by atoms with van der Waals surface area (Å²) in [5.41, 5.74) is 4.06. The average Bonchev–Trinajstić information content (AvgIpc) is 3.47. The van der Waals surface area contributed by atoms with Gasteiger partial charge >= 0.3 is 0 Å². The lowest BCUT2D eigenvalue weighted by atomic mass is 9.96. The van der Waals surface area contributed by atoms with Crippen molar-refractivity contribution < 1.29 is 9.32 Å². The summed E-state index contributed by atoms with van der Waals surface area (Å²) in [6.07, 6.45) is 3.85. The minimum absolute atomic E-state index is 0.0376. The van der Waals surface area contributed by atoms with E-state index in [0.717, 1.165) is 29.9 Å². The van der Waals surface area contributed by atoms with E-state index in [1.54, 1.807) is 0 Å². The first-order chi connectivity index (χ1) is 16.2. The van der Waals surface area contributed by atoms with Crippen molar-refractivity contribution in [3.63, 3.8) is 0 Å². The van der Waals surface area contributed by atoms with Gasteiger partial charge in [0, 0.05) is 30.8 Å². The Morgan fingerprint density at radius 2 is 1.94 bits per heavy atom. The Balaban J connectivity index is 1.38. The van der Waals surface area contributed by atoms with Gasteiger partial charge in [-0.2, -0.15) is 0 Å². The maximum absolute atomic E-state index is 13.8. The fourth-order valence-corrected chi connectivity index (χ4v) is 4.70. The molecule has 1 fully saturated rings. The average molecular weight is 438 g/mol. The molecule has 164 valence electrons. The number of hydrogen-bond acceptors (Lipinski definition) is 6. The Labute approximate surface area is 189 Å². The lowest BCUT2D eigenvalue weighted by Crippen LogP contribution is -2.39. The first-order valence-electron chi connectivity index (χ1n) is 11.1. The van der Waals surface area contributed by atoms with E-state index in [2.05, 4.69) is 20.3 Å². The zero-order chi connectivity index (χ0) is 22.4. The van der Waals surface area contributed by atoms with Gasteiger partial charge in [0.2, 0.25) is 0 Å². The van der Waals surface area contributed by atoms with Crippen LogP contribution >= 0.6 is 0 Å². The highest BCUT2D eigenvalue weighted by atomic mass is 16.5. The number of amides is 1. The molecular weight excluding hydrogens is 416 g/mol. The lowest BCUT2D eigenvalue weighted by molar-refractivity contribution is 0.0706. The van der Waals surface area contributed by atoms with Crippen LogP contribution in [-0.4, -0.2) is 48.6 Å². The van der Waals surface area contributed by atoms with Gasteiger partial charge in [-0.25, -0.2) is 4.98 Å². The predicted molar refractivity (Wildman–Crippen MR) is 123 cm³/mol. The molecule has 0 spiro atoms. The summed E-state index contributed by atoms with van der Waals surface area (Å²) in [5.74, 6) is 0.980. The van der Waals surface area contributed by atoms with Gasteiger partial charge in [0.1, 0.15) is 5.82 Å². The van der Waals surface area contributed by atoms with Gasteiger partial charge in [-0.05, 0) is 38.0 Å². The van der Waals surface area contributed by atoms with Crippen LogP contribution in [0, 0.1) is 6.92 Å². The first kappa shape index (κ1) is 19.6. The molecule has 1 aromatic carbocycles. The molecule has 33 heavy (non-hydrogen) atoms. The van der Waals surface area contributed by atoms with Crippen molar-refractivity contribution in [2.45, 2.75) is 25.7 Å². The first-order valence-corrected chi connectivity index (χ1v) is 11.1. The summed E-state index contributed by atoms with van der Waals surface area (Å²) >= 11 is 0. The van der Waals surface area contributed by atoms with E-state index in [1.807, 2.05) is 77.0 Å². The molecule has 1 aliphatic rings. The number of carbonyl (C=O) groups excluding carboxylic acids is 1. The standard InChI is InChI=1S/C25H22N6O2/c1-16-22-19(14-20(26-24(22)33-29-16)17-8-3-2-4-9-17)25(32)30-12-7-10-18(15-30)23-28-27-21-11-5-6-13-31(21)23/h2-6,8-9,11,13-14,18H,7,10,12,15H2,1H3. The van der Waals surface area contributed by atoms with Crippen LogP contribution in [0.1, 0.15) is 40.6 Å². The van der Waals surface area contributed by atoms with Gasteiger partial charge in [-0.15, -0.1) is 10.2 Å². The maximum atomic E-state index is 13.8. The third-order valence-electron chi connectivity index (χ3n) is 6.33. The smallest absolute Gasteiger partial charge is 0.259 e. The molecule has 1 amide bonds. The molecule has 0 N–H and O–H groups in total. The van der Waals surface area contributed by atoms with Gasteiger partial charge < -0.3 is 9.42 Å². The molecule has 6 rings (SSSR count). The molecule has 4 aromatic heterocycles. The lowest BCUT2D eigenvalue weighted by Gasteiger charge is -2.32. The predicted octanol–water partition coefficient (Wildman–Crippen LogP) is 4.26. The summed E-state index contributed by atoms with van der Waals surface area (Å²) in [6, 6.07) is 17.5. The molecule has 1 atom stereocenters. The molecule has 8 nitrogen and oxygen atoms in total. The summed E-state index contributed by atoms with van der Waals surface area (Å²) in [7, 11) is 0. The molecule has 0 aliphatic carbocycles. The number of rotatable bonds is 3. The van der Waals surface area contributed by atoms with E-state index in [0.29, 0.717) is 41.1 Å². The molecule has 1 unspecified atom stereocenters. The molecule has 5 aromatic rings. The van der Waals surface area contributed by atoms with Crippen molar-refractivity contribution in [2.75, 3.05) is 13.1 Å². The van der Waals surface area contributed by atoms with Crippen LogP contribution in [0.4, 0.5) is 0 Å². The van der Waals surface area contributed by atoms with Crippen molar-refractivity contribution in [3.8, 4) is 11.3 Å². The largest absolute Gasteiger partial charge is 0.338 e. The fraction of sp³-hybridized carbons (Fsp3) is 0.240. The Hall–Kier alpha value is -4.07. The molecule has 5 heterocycles. The third-order valence-corrected chi connectivity index (χ3v) is 6.33. The van der Waals surface area contributed by atoms with E-state index in [4.69, 9.17) is 4.52 Å². The highest BCUT2D eigenvalue weighted by Crippen LogP contribution is 2.31. The Bertz CT molecular complexity index is 1470. The van der Waals surface area contributed by atoms with E-state index in [1.165, 1.54) is 0 Å². The van der Waals surface area contributed by atoms with E-state index in [9.17, 15) is 4.79 Å². The molecule has 1 saturated heterocycles. The number of fused-ring (bicyclic) bond motifs is 2. The second-order valence-corrected chi connectivity index (χ2v) is 8.45. The highest BCUT2D eigenvalue weighted by molar-refractivity contribution is 6.07. The van der Waals surface area contributed by atoms with Gasteiger partial charge in [0.25, 0.3) is 11.6 Å². The van der Waals surface area contributed by atoms with Gasteiger partial charge in [-0.1, -0.05) is 41.6 Å². The number of carbonyl (C=O) groups is 1. The van der Waals surface area contributed by atoms with Gasteiger partial charge in [0.05, 0.1) is 22.3 Å². The van der Waals surface area contributed by atoms with E-state index in [-0.39, 0.29) is 11.8 Å². The van der Waals surface area contributed by atoms with Crippen molar-refractivity contribution in [3.05, 3.63) is 77.9 Å². The van der Waals surface area contributed by atoms with Crippen molar-refractivity contribution in [1.29, 1.82) is 0 Å². The molecular formula is C25H22N6O2. The van der Waals surface area contributed by atoms with Crippen LogP contribution in [0.2, 0.25) is 0 Å². The minimum Gasteiger partial charge on any atom is -0.338 e. The summed E-state index contributed by atoms with van der Waals surface area (Å²) in [5, 5.41) is 13.5. The Morgan fingerprint density at radius 1 is 1.09 bits per heavy atom. The number of nitrogens with zero attached hydrogens (tertiary/aromatic N) is 6. The molecule has 0 bridgehead atoms. The summed E-state index contributed by atoms with van der Waals surface area (Å²) < 4.78 is 7.48. The summed E-state index contributed by atoms with van der Waals surface area (Å²) in [4.78, 5) is 20.3. The maximum Gasteiger partial charge on any atom is 0.259 e. The Kier molecular flexibility index (Phi) is 4.64. The van der Waals surface area contributed by atoms with Crippen LogP contribution in [-0.2, 0) is 0 Å². The SMILES string of the molecule is Cc1noc2nc(-c3ccccc3)cc(C(=O)N3CCCC(c4nnc5ccccn45)C3)c12. The van der Waals surface area contributed by atoms with Crippen molar-refractivity contribution in [1.82, 2.24) is 29.6 Å². The van der Waals surface area contributed by atoms with Gasteiger partial charge in [-0.3, -0.25) is 9.20 Å². The van der Waals surface area contributed by atoms with Crippen molar-refractivity contribution >= 4 is 22.7 Å². The second-order valence-electron chi connectivity index (χ2n) is 8.45. The third kappa shape index (κ3) is 3.34. The quantitative estimate of drug-likeness (QED) is 0.418. The van der Waals surface area contributed by atoms with Crippen LogP contribution in [0.3, 0.4) is 0 Å². The molecule has 8 heteroatoms. The number of aromatic nitrogens is 5. The zero-order valence-electron chi connectivity index (χ0n) is 18.2. The topological polar surface area (TPSA) is 89.4 Å². The van der Waals surface area contributed by atoms with Crippen LogP contribution in [0.15, 0.2) is 65.3 Å². The van der Waals surface area contributed by atoms with E-state index >= 15 is 0 Å². The molecule has 0 saturated carbocycles. The van der Waals surface area contributed by atoms with Gasteiger partial charge in [0.15, 0.2) is 5.65 Å². The molecule has 1 aliphatic heterocycles.